The normalized spacial score (nSPS) is 11.7. The molecule has 150 valence electrons. The molecule has 0 aliphatic carbocycles. The number of anilines is 1. The molecule has 0 radical (unpaired) electrons. The molecule has 2 rings (SSSR count). The molecule has 0 aliphatic rings. The molecule has 0 aromatic heterocycles. The van der Waals surface area contributed by atoms with Gasteiger partial charge in [0.15, 0.2) is 0 Å². The lowest BCUT2D eigenvalue weighted by Crippen LogP contribution is -2.33. The molecule has 0 aliphatic heterocycles. The molecule has 4 N–H and O–H groups in total. The fourth-order valence-electron chi connectivity index (χ4n) is 2.03. The quantitative estimate of drug-likeness (QED) is 0.646. The predicted octanol–water partition coefficient (Wildman–Crippen LogP) is 2.53. The second kappa shape index (κ2) is 8.07. The van der Waals surface area contributed by atoms with Crippen molar-refractivity contribution in [2.24, 2.45) is 5.73 Å². The van der Waals surface area contributed by atoms with Crippen molar-refractivity contribution in [1.29, 1.82) is 0 Å². The first kappa shape index (κ1) is 21.5. The summed E-state index contributed by atoms with van der Waals surface area (Å²) in [6.45, 7) is -1.51. The molecule has 2 aromatic rings. The van der Waals surface area contributed by atoms with Gasteiger partial charge in [-0.15, -0.1) is 0 Å². The first-order valence-corrected chi connectivity index (χ1v) is 9.32. The minimum Gasteiger partial charge on any atom is -0.366 e. The van der Waals surface area contributed by atoms with Crippen molar-refractivity contribution in [3.63, 3.8) is 0 Å². The van der Waals surface area contributed by atoms with Crippen molar-refractivity contribution >= 4 is 39.1 Å². The fraction of sp³-hybridized carbons (Fsp3) is 0.125. The van der Waals surface area contributed by atoms with Gasteiger partial charge in [-0.1, -0.05) is 11.6 Å². The standard InChI is InChI=1S/C16H13ClF3N3O4S/c17-12-6-3-10(14(21)24)7-13(12)23-28(26,27)11-4-1-9(2-5-11)15(25)22-8-16(18,19)20/h1-7,23H,8H2,(H2,21,24)(H,22,25). The summed E-state index contributed by atoms with van der Waals surface area (Å²) in [5.41, 5.74) is 4.91. The number of carbonyl (C=O) groups excluding carboxylic acids is 2. The molecule has 0 saturated heterocycles. The Bertz CT molecular complexity index is 1010. The van der Waals surface area contributed by atoms with Gasteiger partial charge >= 0.3 is 6.18 Å². The Hall–Kier alpha value is -2.79. The Morgan fingerprint density at radius 3 is 2.14 bits per heavy atom. The summed E-state index contributed by atoms with van der Waals surface area (Å²) in [6, 6.07) is 7.95. The lowest BCUT2D eigenvalue weighted by atomic mass is 10.2. The molecule has 28 heavy (non-hydrogen) atoms. The second-order valence-electron chi connectivity index (χ2n) is 5.49. The van der Waals surface area contributed by atoms with Gasteiger partial charge in [0.05, 0.1) is 15.6 Å². The Labute approximate surface area is 162 Å². The number of benzene rings is 2. The van der Waals surface area contributed by atoms with E-state index < -0.39 is 34.6 Å². The zero-order chi connectivity index (χ0) is 21.1. The van der Waals surface area contributed by atoms with Crippen LogP contribution in [0, 0.1) is 0 Å². The topological polar surface area (TPSA) is 118 Å². The lowest BCUT2D eigenvalue weighted by molar-refractivity contribution is -0.123. The number of sulfonamides is 1. The van der Waals surface area contributed by atoms with Crippen molar-refractivity contribution in [3.8, 4) is 0 Å². The minimum absolute atomic E-state index is 0.0109. The molecular formula is C16H13ClF3N3O4S. The summed E-state index contributed by atoms with van der Waals surface area (Å²) in [5.74, 6) is -1.79. The second-order valence-corrected chi connectivity index (χ2v) is 7.58. The van der Waals surface area contributed by atoms with E-state index in [4.69, 9.17) is 17.3 Å². The smallest absolute Gasteiger partial charge is 0.366 e. The number of alkyl halides is 3. The van der Waals surface area contributed by atoms with E-state index in [1.807, 2.05) is 0 Å². The first-order valence-electron chi connectivity index (χ1n) is 7.46. The van der Waals surface area contributed by atoms with Crippen LogP contribution in [0.2, 0.25) is 5.02 Å². The molecule has 0 spiro atoms. The van der Waals surface area contributed by atoms with Crippen molar-refractivity contribution in [2.75, 3.05) is 11.3 Å². The van der Waals surface area contributed by atoms with Gasteiger partial charge in [0.2, 0.25) is 5.91 Å². The number of rotatable bonds is 6. The van der Waals surface area contributed by atoms with Crippen LogP contribution in [-0.2, 0) is 10.0 Å². The Morgan fingerprint density at radius 1 is 1.04 bits per heavy atom. The van der Waals surface area contributed by atoms with E-state index in [0.717, 1.165) is 30.3 Å². The van der Waals surface area contributed by atoms with Crippen LogP contribution < -0.4 is 15.8 Å². The van der Waals surface area contributed by atoms with Gasteiger partial charge in [0.1, 0.15) is 6.54 Å². The van der Waals surface area contributed by atoms with Crippen LogP contribution in [0.3, 0.4) is 0 Å². The zero-order valence-corrected chi connectivity index (χ0v) is 15.5. The molecule has 0 fully saturated rings. The van der Waals surface area contributed by atoms with Crippen molar-refractivity contribution < 1.29 is 31.2 Å². The van der Waals surface area contributed by atoms with Crippen LogP contribution in [0.5, 0.6) is 0 Å². The molecule has 0 unspecified atom stereocenters. The SMILES string of the molecule is NC(=O)c1ccc(Cl)c(NS(=O)(=O)c2ccc(C(=O)NCC(F)(F)F)cc2)c1. The average molecular weight is 436 g/mol. The third kappa shape index (κ3) is 5.60. The maximum Gasteiger partial charge on any atom is 0.405 e. The molecule has 0 atom stereocenters. The summed E-state index contributed by atoms with van der Waals surface area (Å²) in [4.78, 5) is 22.6. The van der Waals surface area contributed by atoms with Gasteiger partial charge in [-0.3, -0.25) is 14.3 Å². The van der Waals surface area contributed by atoms with Crippen molar-refractivity contribution in [1.82, 2.24) is 5.32 Å². The van der Waals surface area contributed by atoms with Crippen LogP contribution in [0.4, 0.5) is 18.9 Å². The number of amides is 2. The number of halogens is 4. The summed E-state index contributed by atoms with van der Waals surface area (Å²) >= 11 is 5.91. The molecule has 7 nitrogen and oxygen atoms in total. The van der Waals surface area contributed by atoms with Crippen molar-refractivity contribution in [2.45, 2.75) is 11.1 Å². The molecule has 12 heteroatoms. The highest BCUT2D eigenvalue weighted by atomic mass is 35.5. The predicted molar refractivity (Wildman–Crippen MR) is 95.6 cm³/mol. The van der Waals surface area contributed by atoms with Gasteiger partial charge < -0.3 is 11.1 Å². The van der Waals surface area contributed by atoms with Crippen molar-refractivity contribution in [3.05, 3.63) is 58.6 Å². The molecule has 0 heterocycles. The molecule has 0 bridgehead atoms. The largest absolute Gasteiger partial charge is 0.405 e. The first-order chi connectivity index (χ1) is 12.9. The fourth-order valence-corrected chi connectivity index (χ4v) is 3.32. The zero-order valence-electron chi connectivity index (χ0n) is 13.9. The van der Waals surface area contributed by atoms with Gasteiger partial charge in [-0.05, 0) is 42.5 Å². The average Bonchev–Trinajstić information content (AvgIpc) is 2.60. The minimum atomic E-state index is -4.57. The third-order valence-corrected chi connectivity index (χ3v) is 5.08. The summed E-state index contributed by atoms with van der Waals surface area (Å²) < 4.78 is 63.4. The molecule has 2 amide bonds. The van der Waals surface area contributed by atoms with Gasteiger partial charge in [-0.2, -0.15) is 13.2 Å². The van der Waals surface area contributed by atoms with Gasteiger partial charge in [-0.25, -0.2) is 8.42 Å². The summed E-state index contributed by atoms with van der Waals surface area (Å²) in [7, 11) is -4.15. The Morgan fingerprint density at radius 2 is 1.61 bits per heavy atom. The summed E-state index contributed by atoms with van der Waals surface area (Å²) in [6.07, 6.45) is -4.57. The number of nitrogens with two attached hydrogens (primary N) is 1. The molecule has 2 aromatic carbocycles. The number of hydrogen-bond acceptors (Lipinski definition) is 4. The van der Waals surface area contributed by atoms with E-state index in [1.54, 1.807) is 5.32 Å². The number of primary amides is 1. The van der Waals surface area contributed by atoms with Crippen LogP contribution in [0.25, 0.3) is 0 Å². The van der Waals surface area contributed by atoms with Gasteiger partial charge in [0, 0.05) is 11.1 Å². The van der Waals surface area contributed by atoms with E-state index in [9.17, 15) is 31.2 Å². The monoisotopic (exact) mass is 435 g/mol. The van der Waals surface area contributed by atoms with Crippen LogP contribution in [0.15, 0.2) is 47.4 Å². The van der Waals surface area contributed by atoms with Crippen LogP contribution in [0.1, 0.15) is 20.7 Å². The van der Waals surface area contributed by atoms with E-state index in [2.05, 4.69) is 4.72 Å². The highest BCUT2D eigenvalue weighted by Gasteiger charge is 2.28. The summed E-state index contributed by atoms with van der Waals surface area (Å²) in [5, 5.41) is 1.68. The molecule has 0 saturated carbocycles. The lowest BCUT2D eigenvalue weighted by Gasteiger charge is -2.11. The molecular weight excluding hydrogens is 423 g/mol. The number of carbonyl (C=O) groups is 2. The Balaban J connectivity index is 2.20. The van der Waals surface area contributed by atoms with E-state index in [-0.39, 0.29) is 26.7 Å². The Kier molecular flexibility index (Phi) is 6.20. The number of hydrogen-bond donors (Lipinski definition) is 3. The highest BCUT2D eigenvalue weighted by Crippen LogP contribution is 2.26. The number of nitrogens with one attached hydrogen (secondary N) is 2. The van der Waals surface area contributed by atoms with E-state index in [0.29, 0.717) is 0 Å². The van der Waals surface area contributed by atoms with Crippen LogP contribution >= 0.6 is 11.6 Å². The van der Waals surface area contributed by atoms with Gasteiger partial charge in [0.25, 0.3) is 15.9 Å². The third-order valence-electron chi connectivity index (χ3n) is 3.37. The highest BCUT2D eigenvalue weighted by molar-refractivity contribution is 7.92. The van der Waals surface area contributed by atoms with E-state index in [1.165, 1.54) is 12.1 Å². The maximum atomic E-state index is 12.4. The van der Waals surface area contributed by atoms with E-state index >= 15 is 0 Å². The van der Waals surface area contributed by atoms with Crippen LogP contribution in [-0.4, -0.2) is 33.0 Å². The maximum absolute atomic E-state index is 12.4.